The number of anilines is 1. The molecule has 0 aliphatic heterocycles. The van der Waals surface area contributed by atoms with Gasteiger partial charge in [0.1, 0.15) is 18.1 Å². The Balaban J connectivity index is 1.60. The van der Waals surface area contributed by atoms with Crippen LogP contribution in [0, 0.1) is 6.92 Å². The minimum absolute atomic E-state index is 0.125. The van der Waals surface area contributed by atoms with E-state index in [4.69, 9.17) is 21.1 Å². The van der Waals surface area contributed by atoms with E-state index in [-0.39, 0.29) is 34.3 Å². The number of nitrogens with one attached hydrogen (secondary N) is 2. The number of benzene rings is 3. The van der Waals surface area contributed by atoms with Crippen molar-refractivity contribution in [2.24, 2.45) is 0 Å². The summed E-state index contributed by atoms with van der Waals surface area (Å²) >= 11 is 6.15. The maximum Gasteiger partial charge on any atom is 0.261 e. The van der Waals surface area contributed by atoms with Crippen LogP contribution in [-0.2, 0) is 10.0 Å². The number of amides is 1. The second-order valence-electron chi connectivity index (χ2n) is 6.89. The third-order valence-electron chi connectivity index (χ3n) is 4.51. The number of aryl methyl sites for hydroxylation is 1. The largest absolute Gasteiger partial charge is 0.497 e. The minimum atomic E-state index is -3.80. The highest BCUT2D eigenvalue weighted by molar-refractivity contribution is 7.92. The second-order valence-corrected chi connectivity index (χ2v) is 8.98. The normalized spacial score (nSPS) is 11.0. The number of carbonyl (C=O) groups excluding carboxylic acids is 1. The molecule has 168 valence electrons. The van der Waals surface area contributed by atoms with Gasteiger partial charge in [-0.25, -0.2) is 8.42 Å². The molecule has 0 saturated heterocycles. The van der Waals surface area contributed by atoms with E-state index in [1.807, 2.05) is 6.92 Å². The monoisotopic (exact) mass is 474 g/mol. The molecule has 0 radical (unpaired) electrons. The van der Waals surface area contributed by atoms with Gasteiger partial charge in [-0.3, -0.25) is 9.52 Å². The van der Waals surface area contributed by atoms with Crippen LogP contribution in [0.2, 0.25) is 5.02 Å². The fourth-order valence-corrected chi connectivity index (χ4v) is 4.05. The topological polar surface area (TPSA) is 93.7 Å². The molecular weight excluding hydrogens is 452 g/mol. The van der Waals surface area contributed by atoms with Gasteiger partial charge in [0.05, 0.1) is 29.1 Å². The van der Waals surface area contributed by atoms with Crippen LogP contribution in [-0.4, -0.2) is 34.6 Å². The summed E-state index contributed by atoms with van der Waals surface area (Å²) in [5, 5.41) is 2.92. The standard InChI is InChI=1S/C23H23ClN2O5S/c1-16-3-10-20(11-4-16)32(28,29)26-17-5-12-22(24)21(15-17)23(27)25-13-14-31-19-8-6-18(30-2)7-9-19/h3-12,15,26H,13-14H2,1-2H3,(H,25,27). The Morgan fingerprint density at radius 1 is 0.969 bits per heavy atom. The number of sulfonamides is 1. The zero-order valence-corrected chi connectivity index (χ0v) is 19.2. The maximum atomic E-state index is 12.6. The van der Waals surface area contributed by atoms with E-state index in [0.29, 0.717) is 5.75 Å². The third kappa shape index (κ3) is 6.15. The van der Waals surface area contributed by atoms with Gasteiger partial charge in [0.25, 0.3) is 15.9 Å². The lowest BCUT2D eigenvalue weighted by atomic mass is 10.2. The first kappa shape index (κ1) is 23.4. The van der Waals surface area contributed by atoms with Crippen molar-refractivity contribution in [3.05, 3.63) is 82.9 Å². The predicted molar refractivity (Wildman–Crippen MR) is 124 cm³/mol. The lowest BCUT2D eigenvalue weighted by molar-refractivity contribution is 0.0947. The molecule has 0 heterocycles. The molecular formula is C23H23ClN2O5S. The summed E-state index contributed by atoms with van der Waals surface area (Å²) in [6, 6.07) is 17.9. The molecule has 0 aliphatic rings. The molecule has 3 aromatic rings. The number of hydrogen-bond acceptors (Lipinski definition) is 5. The number of halogens is 1. The first-order valence-electron chi connectivity index (χ1n) is 9.72. The molecule has 0 aromatic heterocycles. The maximum absolute atomic E-state index is 12.6. The molecule has 0 spiro atoms. The highest BCUT2D eigenvalue weighted by Gasteiger charge is 2.16. The van der Waals surface area contributed by atoms with Gasteiger partial charge in [-0.15, -0.1) is 0 Å². The Hall–Kier alpha value is -3.23. The van der Waals surface area contributed by atoms with Crippen molar-refractivity contribution in [3.8, 4) is 11.5 Å². The number of methoxy groups -OCH3 is 1. The minimum Gasteiger partial charge on any atom is -0.497 e. The quantitative estimate of drug-likeness (QED) is 0.452. The summed E-state index contributed by atoms with van der Waals surface area (Å²) in [4.78, 5) is 12.7. The van der Waals surface area contributed by atoms with E-state index in [0.717, 1.165) is 11.3 Å². The average Bonchev–Trinajstić information content (AvgIpc) is 2.78. The lowest BCUT2D eigenvalue weighted by Crippen LogP contribution is -2.28. The van der Waals surface area contributed by atoms with Crippen molar-refractivity contribution in [1.29, 1.82) is 0 Å². The van der Waals surface area contributed by atoms with E-state index in [1.165, 1.54) is 30.3 Å². The molecule has 7 nitrogen and oxygen atoms in total. The van der Waals surface area contributed by atoms with Gasteiger partial charge in [-0.05, 0) is 61.5 Å². The molecule has 0 bridgehead atoms. The highest BCUT2D eigenvalue weighted by Crippen LogP contribution is 2.23. The van der Waals surface area contributed by atoms with E-state index in [2.05, 4.69) is 10.0 Å². The number of hydrogen-bond donors (Lipinski definition) is 2. The fraction of sp³-hybridized carbons (Fsp3) is 0.174. The molecule has 3 rings (SSSR count). The van der Waals surface area contributed by atoms with E-state index in [9.17, 15) is 13.2 Å². The van der Waals surface area contributed by atoms with Crippen LogP contribution >= 0.6 is 11.6 Å². The Labute approximate surface area is 192 Å². The van der Waals surface area contributed by atoms with Crippen LogP contribution in [0.1, 0.15) is 15.9 Å². The SMILES string of the molecule is COc1ccc(OCCNC(=O)c2cc(NS(=O)(=O)c3ccc(C)cc3)ccc2Cl)cc1. The Kier molecular flexibility index (Phi) is 7.61. The second kappa shape index (κ2) is 10.4. The van der Waals surface area contributed by atoms with Gasteiger partial charge >= 0.3 is 0 Å². The number of carbonyl (C=O) groups is 1. The van der Waals surface area contributed by atoms with Crippen molar-refractivity contribution >= 4 is 33.2 Å². The molecule has 9 heteroatoms. The predicted octanol–water partition coefficient (Wildman–Crippen LogP) is 4.27. The summed E-state index contributed by atoms with van der Waals surface area (Å²) in [7, 11) is -2.21. The summed E-state index contributed by atoms with van der Waals surface area (Å²) in [5.41, 5.74) is 1.33. The third-order valence-corrected chi connectivity index (χ3v) is 6.24. The van der Waals surface area contributed by atoms with Gasteiger partial charge < -0.3 is 14.8 Å². The number of rotatable bonds is 9. The van der Waals surface area contributed by atoms with Crippen LogP contribution in [0.3, 0.4) is 0 Å². The van der Waals surface area contributed by atoms with Crippen LogP contribution in [0.5, 0.6) is 11.5 Å². The van der Waals surface area contributed by atoms with E-state index >= 15 is 0 Å². The van der Waals surface area contributed by atoms with Crippen molar-refractivity contribution in [2.75, 3.05) is 25.0 Å². The van der Waals surface area contributed by atoms with E-state index in [1.54, 1.807) is 43.5 Å². The summed E-state index contributed by atoms with van der Waals surface area (Å²) in [6.07, 6.45) is 0. The van der Waals surface area contributed by atoms with Crippen LogP contribution in [0.25, 0.3) is 0 Å². The van der Waals surface area contributed by atoms with Crippen molar-refractivity contribution in [3.63, 3.8) is 0 Å². The van der Waals surface area contributed by atoms with Crippen LogP contribution in [0.4, 0.5) is 5.69 Å². The molecule has 0 unspecified atom stereocenters. The smallest absolute Gasteiger partial charge is 0.261 e. The summed E-state index contributed by atoms with van der Waals surface area (Å²) in [6.45, 7) is 2.35. The molecule has 0 aliphatic carbocycles. The first-order chi connectivity index (χ1) is 15.3. The highest BCUT2D eigenvalue weighted by atomic mass is 35.5. The van der Waals surface area contributed by atoms with Gasteiger partial charge in [-0.1, -0.05) is 29.3 Å². The van der Waals surface area contributed by atoms with Crippen molar-refractivity contribution < 1.29 is 22.7 Å². The summed E-state index contributed by atoms with van der Waals surface area (Å²) in [5.74, 6) is 0.925. The van der Waals surface area contributed by atoms with Gasteiger partial charge in [0.2, 0.25) is 0 Å². The Morgan fingerprint density at radius 2 is 1.62 bits per heavy atom. The van der Waals surface area contributed by atoms with Crippen LogP contribution < -0.4 is 19.5 Å². The molecule has 0 fully saturated rings. The molecule has 0 atom stereocenters. The van der Waals surface area contributed by atoms with Gasteiger partial charge in [0, 0.05) is 5.69 Å². The lowest BCUT2D eigenvalue weighted by Gasteiger charge is -2.12. The zero-order chi connectivity index (χ0) is 23.1. The number of ether oxygens (including phenoxy) is 2. The summed E-state index contributed by atoms with van der Waals surface area (Å²) < 4.78 is 38.3. The fourth-order valence-electron chi connectivity index (χ4n) is 2.79. The van der Waals surface area contributed by atoms with Gasteiger partial charge in [0.15, 0.2) is 0 Å². The molecule has 0 saturated carbocycles. The Morgan fingerprint density at radius 3 is 2.28 bits per heavy atom. The zero-order valence-electron chi connectivity index (χ0n) is 17.6. The molecule has 32 heavy (non-hydrogen) atoms. The Bertz CT molecular complexity index is 1180. The molecule has 3 aromatic carbocycles. The van der Waals surface area contributed by atoms with Crippen molar-refractivity contribution in [1.82, 2.24) is 5.32 Å². The van der Waals surface area contributed by atoms with Gasteiger partial charge in [-0.2, -0.15) is 0 Å². The van der Waals surface area contributed by atoms with E-state index < -0.39 is 15.9 Å². The molecule has 1 amide bonds. The molecule has 2 N–H and O–H groups in total. The van der Waals surface area contributed by atoms with Crippen LogP contribution in [0.15, 0.2) is 71.6 Å². The average molecular weight is 475 g/mol. The first-order valence-corrected chi connectivity index (χ1v) is 11.6. The van der Waals surface area contributed by atoms with Crippen molar-refractivity contribution in [2.45, 2.75) is 11.8 Å².